The number of nitrogens with zero attached hydrogens (tertiary/aromatic N) is 4. The molecule has 10 heteroatoms. The lowest BCUT2D eigenvalue weighted by Crippen LogP contribution is -2.67. The van der Waals surface area contributed by atoms with Gasteiger partial charge < -0.3 is 25.1 Å². The Balaban J connectivity index is 1.48. The van der Waals surface area contributed by atoms with Crippen molar-refractivity contribution in [2.24, 2.45) is 0 Å². The lowest BCUT2D eigenvalue weighted by Gasteiger charge is -2.43. The normalized spacial score (nSPS) is 22.8. The number of aliphatic hydroxyl groups excluding tert-OH is 2. The molecule has 5 rings (SSSR count). The number of nitrogens with two attached hydrogens (primary N) is 1. The highest BCUT2D eigenvalue weighted by molar-refractivity contribution is 6.99. The first-order valence-corrected chi connectivity index (χ1v) is 13.8. The van der Waals surface area contributed by atoms with E-state index in [1.54, 1.807) is 4.57 Å². The van der Waals surface area contributed by atoms with Crippen LogP contribution in [-0.4, -0.2) is 63.0 Å². The van der Waals surface area contributed by atoms with Gasteiger partial charge in [0, 0.05) is 0 Å². The van der Waals surface area contributed by atoms with Crippen molar-refractivity contribution >= 4 is 35.7 Å². The van der Waals surface area contributed by atoms with Gasteiger partial charge in [0.05, 0.1) is 12.9 Å². The number of anilines is 1. The molecule has 1 fully saturated rings. The van der Waals surface area contributed by atoms with Crippen LogP contribution in [0.1, 0.15) is 27.0 Å². The third kappa shape index (κ3) is 4.00. The van der Waals surface area contributed by atoms with Crippen molar-refractivity contribution in [3.05, 3.63) is 73.3 Å². The summed E-state index contributed by atoms with van der Waals surface area (Å²) >= 11 is 0. The highest BCUT2D eigenvalue weighted by Gasteiger charge is 2.52. The molecule has 1 aliphatic rings. The second-order valence-electron chi connectivity index (χ2n) is 10.1. The lowest BCUT2D eigenvalue weighted by molar-refractivity contribution is -0.0486. The van der Waals surface area contributed by atoms with Gasteiger partial charge in [-0.25, -0.2) is 15.0 Å². The number of ether oxygens (including phenoxy) is 1. The van der Waals surface area contributed by atoms with Crippen LogP contribution in [0.4, 0.5) is 5.82 Å². The Morgan fingerprint density at radius 3 is 2.14 bits per heavy atom. The zero-order valence-corrected chi connectivity index (χ0v) is 21.5. The van der Waals surface area contributed by atoms with Crippen LogP contribution < -0.4 is 16.1 Å². The van der Waals surface area contributed by atoms with Crippen LogP contribution in [0.2, 0.25) is 5.04 Å². The lowest BCUT2D eigenvalue weighted by atomic mass is 10.1. The molecule has 1 saturated heterocycles. The quantitative estimate of drug-likeness (QED) is 0.337. The van der Waals surface area contributed by atoms with Crippen LogP contribution in [0.5, 0.6) is 0 Å². The van der Waals surface area contributed by atoms with E-state index in [4.69, 9.17) is 14.9 Å². The highest BCUT2D eigenvalue weighted by atomic mass is 28.4. The van der Waals surface area contributed by atoms with Crippen LogP contribution in [0.15, 0.2) is 73.3 Å². The van der Waals surface area contributed by atoms with E-state index in [1.165, 1.54) is 12.7 Å². The van der Waals surface area contributed by atoms with E-state index in [2.05, 4.69) is 60.0 Å². The number of hydrogen-bond acceptors (Lipinski definition) is 8. The molecule has 0 aliphatic carbocycles. The molecule has 0 spiro atoms. The predicted molar refractivity (Wildman–Crippen MR) is 139 cm³/mol. The molecule has 1 aliphatic heterocycles. The minimum Gasteiger partial charge on any atom is -0.405 e. The van der Waals surface area contributed by atoms with Crippen molar-refractivity contribution in [3.8, 4) is 0 Å². The van der Waals surface area contributed by atoms with Gasteiger partial charge in [0.25, 0.3) is 8.32 Å². The predicted octanol–water partition coefficient (Wildman–Crippen LogP) is 1.60. The Morgan fingerprint density at radius 2 is 1.56 bits per heavy atom. The van der Waals surface area contributed by atoms with Crippen molar-refractivity contribution < 1.29 is 19.4 Å². The fourth-order valence-corrected chi connectivity index (χ4v) is 9.69. The Labute approximate surface area is 210 Å². The Kier molecular flexibility index (Phi) is 6.39. The van der Waals surface area contributed by atoms with Gasteiger partial charge in [0.15, 0.2) is 17.7 Å². The van der Waals surface area contributed by atoms with E-state index < -0.39 is 32.9 Å². The van der Waals surface area contributed by atoms with Gasteiger partial charge in [-0.05, 0) is 15.4 Å². The fraction of sp³-hybridized carbons (Fsp3) is 0.346. The number of benzene rings is 2. The van der Waals surface area contributed by atoms with E-state index in [-0.39, 0.29) is 17.5 Å². The average Bonchev–Trinajstić information content (AvgIpc) is 3.42. The zero-order valence-electron chi connectivity index (χ0n) is 20.5. The summed E-state index contributed by atoms with van der Waals surface area (Å²) in [5.41, 5.74) is 6.74. The third-order valence-electron chi connectivity index (χ3n) is 6.88. The van der Waals surface area contributed by atoms with Gasteiger partial charge in [-0.1, -0.05) is 81.4 Å². The van der Waals surface area contributed by atoms with Crippen molar-refractivity contribution in [2.45, 2.75) is 50.3 Å². The fourth-order valence-electron chi connectivity index (χ4n) is 5.12. The number of nitrogen functional groups attached to an aromatic ring is 1. The molecular formula is C26H31N5O4Si. The molecule has 4 N–H and O–H groups in total. The first kappa shape index (κ1) is 24.5. The van der Waals surface area contributed by atoms with Crippen LogP contribution >= 0.6 is 0 Å². The largest absolute Gasteiger partial charge is 0.405 e. The summed E-state index contributed by atoms with van der Waals surface area (Å²) in [6.45, 7) is 6.66. The van der Waals surface area contributed by atoms with Gasteiger partial charge in [-0.3, -0.25) is 4.57 Å². The maximum absolute atomic E-state index is 11.0. The number of fused-ring (bicyclic) bond motifs is 1. The molecule has 4 unspecified atom stereocenters. The number of hydrogen-bond donors (Lipinski definition) is 3. The minimum atomic E-state index is -2.84. The van der Waals surface area contributed by atoms with Crippen molar-refractivity contribution in [2.75, 3.05) is 12.3 Å². The van der Waals surface area contributed by atoms with Crippen molar-refractivity contribution in [3.63, 3.8) is 0 Å². The van der Waals surface area contributed by atoms with Crippen molar-refractivity contribution in [1.29, 1.82) is 0 Å². The third-order valence-corrected chi connectivity index (χ3v) is 11.9. The maximum atomic E-state index is 11.0. The molecule has 2 aromatic carbocycles. The molecule has 0 radical (unpaired) electrons. The summed E-state index contributed by atoms with van der Waals surface area (Å²) in [7, 11) is -2.84. The van der Waals surface area contributed by atoms with Crippen LogP contribution in [0.25, 0.3) is 11.2 Å². The smallest absolute Gasteiger partial charge is 0.261 e. The first-order valence-electron chi connectivity index (χ1n) is 11.9. The van der Waals surface area contributed by atoms with Gasteiger partial charge in [0.2, 0.25) is 0 Å². The topological polar surface area (TPSA) is 129 Å². The summed E-state index contributed by atoms with van der Waals surface area (Å²) in [5.74, 6) is 0.235. The van der Waals surface area contributed by atoms with Crippen LogP contribution in [-0.2, 0) is 9.16 Å². The summed E-state index contributed by atoms with van der Waals surface area (Å²) in [6.07, 6.45) is -1.20. The number of aliphatic hydroxyl groups is 2. The molecule has 36 heavy (non-hydrogen) atoms. The standard InChI is InChI=1S/C26H31N5O4Si/c1-26(2,3)36(17-10-6-4-7-11-17,18-12-8-5-9-13-18)34-14-19-21(32)22(33)25(35-19)31-16-30-20-23(27)28-15-29-24(20)31/h4-13,15-16,19,21-22,25,32-33H,14H2,1-3H3,(H2,27,28,29). The summed E-state index contributed by atoms with van der Waals surface area (Å²) in [4.78, 5) is 12.5. The molecule has 2 aromatic heterocycles. The zero-order chi connectivity index (χ0) is 25.5. The van der Waals surface area contributed by atoms with Gasteiger partial charge in [-0.15, -0.1) is 0 Å². The van der Waals surface area contributed by atoms with Crippen molar-refractivity contribution in [1.82, 2.24) is 19.5 Å². The van der Waals surface area contributed by atoms with E-state index in [0.29, 0.717) is 11.2 Å². The average molecular weight is 506 g/mol. The molecule has 9 nitrogen and oxygen atoms in total. The summed E-state index contributed by atoms with van der Waals surface area (Å²) < 4.78 is 14.7. The summed E-state index contributed by atoms with van der Waals surface area (Å²) in [5, 5.41) is 23.9. The van der Waals surface area contributed by atoms with E-state index in [9.17, 15) is 10.2 Å². The number of rotatable bonds is 6. The van der Waals surface area contributed by atoms with Gasteiger partial charge >= 0.3 is 0 Å². The van der Waals surface area contributed by atoms with Crippen LogP contribution in [0, 0.1) is 0 Å². The SMILES string of the molecule is CC(C)(C)[Si](OCC1OC(n2cnc3c(N)ncnc32)C(O)C1O)(c1ccccc1)c1ccccc1. The molecule has 3 heterocycles. The molecule has 0 saturated carbocycles. The molecule has 4 aromatic rings. The first-order chi connectivity index (χ1) is 17.2. The Hall–Kier alpha value is -3.15. The molecule has 0 amide bonds. The highest BCUT2D eigenvalue weighted by Crippen LogP contribution is 2.38. The van der Waals surface area contributed by atoms with Gasteiger partial charge in [-0.2, -0.15) is 0 Å². The maximum Gasteiger partial charge on any atom is 0.261 e. The minimum absolute atomic E-state index is 0.103. The number of imidazole rings is 1. The van der Waals surface area contributed by atoms with E-state index in [0.717, 1.165) is 10.4 Å². The van der Waals surface area contributed by atoms with E-state index >= 15 is 0 Å². The second-order valence-corrected chi connectivity index (χ2v) is 14.4. The Morgan fingerprint density at radius 1 is 0.944 bits per heavy atom. The molecular weight excluding hydrogens is 474 g/mol. The molecule has 4 atom stereocenters. The Bertz CT molecular complexity index is 1290. The second kappa shape index (κ2) is 9.38. The monoisotopic (exact) mass is 505 g/mol. The number of aromatic nitrogens is 4. The molecule has 0 bridgehead atoms. The molecule has 188 valence electrons. The van der Waals surface area contributed by atoms with E-state index in [1.807, 2.05) is 36.4 Å². The summed E-state index contributed by atoms with van der Waals surface area (Å²) in [6, 6.07) is 20.5. The van der Waals surface area contributed by atoms with Gasteiger partial charge in [0.1, 0.15) is 30.2 Å². The van der Waals surface area contributed by atoms with Crippen LogP contribution in [0.3, 0.4) is 0 Å².